The van der Waals surface area contributed by atoms with Gasteiger partial charge in [0, 0.05) is 19.8 Å². The molecular formula is C10H23NO2. The second-order valence-corrected chi connectivity index (χ2v) is 3.39. The molecule has 0 aromatic rings. The topological polar surface area (TPSA) is 44.5 Å². The molecule has 0 saturated heterocycles. The first-order valence-corrected chi connectivity index (χ1v) is 5.10. The van der Waals surface area contributed by atoms with Crippen LogP contribution in [-0.2, 0) is 9.47 Å². The van der Waals surface area contributed by atoms with Gasteiger partial charge in [-0.05, 0) is 26.7 Å². The lowest BCUT2D eigenvalue weighted by Crippen LogP contribution is -2.29. The minimum Gasteiger partial charge on any atom is -0.380 e. The number of nitrogens with two attached hydrogens (primary N) is 1. The molecule has 0 radical (unpaired) electrons. The molecule has 2 N–H and O–H groups in total. The molecule has 3 heteroatoms. The summed E-state index contributed by atoms with van der Waals surface area (Å²) >= 11 is 0. The first-order chi connectivity index (χ1) is 6.18. The van der Waals surface area contributed by atoms with Crippen molar-refractivity contribution in [3.63, 3.8) is 0 Å². The molecule has 0 fully saturated rings. The smallest absolute Gasteiger partial charge is 0.0673 e. The lowest BCUT2D eigenvalue weighted by molar-refractivity contribution is -0.0498. The second-order valence-electron chi connectivity index (χ2n) is 3.39. The molecule has 1 unspecified atom stereocenters. The Morgan fingerprint density at radius 3 is 2.38 bits per heavy atom. The quantitative estimate of drug-likeness (QED) is 0.589. The molecule has 0 heterocycles. The van der Waals surface area contributed by atoms with Gasteiger partial charge in [0.2, 0.25) is 0 Å². The lowest BCUT2D eigenvalue weighted by Gasteiger charge is -2.27. The van der Waals surface area contributed by atoms with E-state index >= 15 is 0 Å². The molecule has 0 rings (SSSR count). The largest absolute Gasteiger partial charge is 0.380 e. The van der Waals surface area contributed by atoms with Crippen molar-refractivity contribution in [2.75, 3.05) is 26.4 Å². The Hall–Kier alpha value is -0.120. The Morgan fingerprint density at radius 1 is 1.23 bits per heavy atom. The number of hydrogen-bond donors (Lipinski definition) is 1. The van der Waals surface area contributed by atoms with Crippen LogP contribution in [0.1, 0.15) is 33.6 Å². The summed E-state index contributed by atoms with van der Waals surface area (Å²) < 4.78 is 11.0. The summed E-state index contributed by atoms with van der Waals surface area (Å²) in [4.78, 5) is 0. The van der Waals surface area contributed by atoms with E-state index in [9.17, 15) is 0 Å². The van der Waals surface area contributed by atoms with E-state index in [0.717, 1.165) is 26.1 Å². The van der Waals surface area contributed by atoms with Crippen molar-refractivity contribution in [3.05, 3.63) is 0 Å². The maximum atomic E-state index is 5.65. The number of ether oxygens (including phenoxy) is 2. The van der Waals surface area contributed by atoms with Crippen LogP contribution in [0.5, 0.6) is 0 Å². The standard InChI is InChI=1S/C10H23NO2/c1-4-10(3,13-5-2)6-8-12-9-7-11/h4-9,11H2,1-3H3. The number of rotatable bonds is 8. The molecule has 1 atom stereocenters. The third-order valence-electron chi connectivity index (χ3n) is 2.28. The Balaban J connectivity index is 3.57. The van der Waals surface area contributed by atoms with Crippen LogP contribution in [0, 0.1) is 0 Å². The van der Waals surface area contributed by atoms with E-state index in [1.807, 2.05) is 6.92 Å². The van der Waals surface area contributed by atoms with Gasteiger partial charge in [-0.3, -0.25) is 0 Å². The van der Waals surface area contributed by atoms with E-state index in [0.29, 0.717) is 13.2 Å². The van der Waals surface area contributed by atoms with E-state index < -0.39 is 0 Å². The summed E-state index contributed by atoms with van der Waals surface area (Å²) in [7, 11) is 0. The van der Waals surface area contributed by atoms with Crippen LogP contribution >= 0.6 is 0 Å². The van der Waals surface area contributed by atoms with Gasteiger partial charge in [0.1, 0.15) is 0 Å². The van der Waals surface area contributed by atoms with Crippen molar-refractivity contribution in [1.29, 1.82) is 0 Å². The maximum Gasteiger partial charge on any atom is 0.0673 e. The Morgan fingerprint density at radius 2 is 1.92 bits per heavy atom. The van der Waals surface area contributed by atoms with E-state index in [4.69, 9.17) is 15.2 Å². The van der Waals surface area contributed by atoms with Gasteiger partial charge in [0.25, 0.3) is 0 Å². The summed E-state index contributed by atoms with van der Waals surface area (Å²) in [6, 6.07) is 0. The molecule has 80 valence electrons. The average molecular weight is 189 g/mol. The van der Waals surface area contributed by atoms with E-state index in [2.05, 4.69) is 13.8 Å². The van der Waals surface area contributed by atoms with Crippen molar-refractivity contribution in [3.8, 4) is 0 Å². The first-order valence-electron chi connectivity index (χ1n) is 5.10. The van der Waals surface area contributed by atoms with Gasteiger partial charge in [0.15, 0.2) is 0 Å². The van der Waals surface area contributed by atoms with Crippen LogP contribution in [-0.4, -0.2) is 32.0 Å². The van der Waals surface area contributed by atoms with Crippen molar-refractivity contribution >= 4 is 0 Å². The van der Waals surface area contributed by atoms with Gasteiger partial charge in [-0.25, -0.2) is 0 Å². The van der Waals surface area contributed by atoms with Crippen molar-refractivity contribution in [2.45, 2.75) is 39.2 Å². The van der Waals surface area contributed by atoms with Gasteiger partial charge < -0.3 is 15.2 Å². The molecule has 13 heavy (non-hydrogen) atoms. The molecule has 0 bridgehead atoms. The molecule has 0 aliphatic heterocycles. The summed E-state index contributed by atoms with van der Waals surface area (Å²) in [5.41, 5.74) is 5.29. The molecule has 3 nitrogen and oxygen atoms in total. The van der Waals surface area contributed by atoms with E-state index in [1.54, 1.807) is 0 Å². The minimum absolute atomic E-state index is 0.0245. The molecule has 0 spiro atoms. The minimum atomic E-state index is -0.0245. The van der Waals surface area contributed by atoms with Crippen LogP contribution in [0.4, 0.5) is 0 Å². The van der Waals surface area contributed by atoms with Crippen LogP contribution < -0.4 is 5.73 Å². The fourth-order valence-corrected chi connectivity index (χ4v) is 1.17. The number of hydrogen-bond acceptors (Lipinski definition) is 3. The zero-order chi connectivity index (χ0) is 10.2. The SMILES string of the molecule is CCOC(C)(CC)CCOCCN. The van der Waals surface area contributed by atoms with Crippen molar-refractivity contribution in [1.82, 2.24) is 0 Å². The lowest BCUT2D eigenvalue weighted by atomic mass is 9.99. The predicted octanol–water partition coefficient (Wildman–Crippen LogP) is 1.56. The summed E-state index contributed by atoms with van der Waals surface area (Å²) in [5, 5.41) is 0. The van der Waals surface area contributed by atoms with E-state index in [-0.39, 0.29) is 5.60 Å². The van der Waals surface area contributed by atoms with Crippen LogP contribution in [0.2, 0.25) is 0 Å². The molecule has 0 aliphatic rings. The Labute approximate surface area is 81.6 Å². The van der Waals surface area contributed by atoms with Gasteiger partial charge in [-0.15, -0.1) is 0 Å². The first kappa shape index (κ1) is 12.9. The van der Waals surface area contributed by atoms with Crippen molar-refractivity contribution in [2.24, 2.45) is 5.73 Å². The molecule has 0 aromatic heterocycles. The zero-order valence-corrected chi connectivity index (χ0v) is 9.14. The monoisotopic (exact) mass is 189 g/mol. The molecule has 0 saturated carbocycles. The fraction of sp³-hybridized carbons (Fsp3) is 1.00. The summed E-state index contributed by atoms with van der Waals surface area (Å²) in [5.74, 6) is 0. The van der Waals surface area contributed by atoms with Gasteiger partial charge in [0.05, 0.1) is 12.2 Å². The van der Waals surface area contributed by atoms with Crippen LogP contribution in [0.25, 0.3) is 0 Å². The predicted molar refractivity (Wildman–Crippen MR) is 54.8 cm³/mol. The van der Waals surface area contributed by atoms with Gasteiger partial charge in [-0.2, -0.15) is 0 Å². The highest BCUT2D eigenvalue weighted by Gasteiger charge is 2.21. The third kappa shape index (κ3) is 6.02. The summed E-state index contributed by atoms with van der Waals surface area (Å²) in [6.07, 6.45) is 1.96. The average Bonchev–Trinajstić information content (AvgIpc) is 2.13. The summed E-state index contributed by atoms with van der Waals surface area (Å²) in [6.45, 7) is 9.03. The highest BCUT2D eigenvalue weighted by molar-refractivity contribution is 4.72. The molecule has 0 aromatic carbocycles. The molecule has 0 aliphatic carbocycles. The highest BCUT2D eigenvalue weighted by Crippen LogP contribution is 2.19. The van der Waals surface area contributed by atoms with Crippen molar-refractivity contribution < 1.29 is 9.47 Å². The van der Waals surface area contributed by atoms with Gasteiger partial charge in [-0.1, -0.05) is 6.92 Å². The molecular weight excluding hydrogens is 166 g/mol. The highest BCUT2D eigenvalue weighted by atomic mass is 16.5. The van der Waals surface area contributed by atoms with E-state index in [1.165, 1.54) is 0 Å². The third-order valence-corrected chi connectivity index (χ3v) is 2.28. The zero-order valence-electron chi connectivity index (χ0n) is 9.14. The molecule has 0 amide bonds. The fourth-order valence-electron chi connectivity index (χ4n) is 1.17. The Kier molecular flexibility index (Phi) is 7.23. The second kappa shape index (κ2) is 7.30. The normalized spacial score (nSPS) is 15.7. The van der Waals surface area contributed by atoms with Gasteiger partial charge >= 0.3 is 0 Å². The Bertz CT molecular complexity index is 119. The van der Waals surface area contributed by atoms with Crippen LogP contribution in [0.3, 0.4) is 0 Å². The van der Waals surface area contributed by atoms with Crippen LogP contribution in [0.15, 0.2) is 0 Å². The maximum absolute atomic E-state index is 5.65.